The highest BCUT2D eigenvalue weighted by molar-refractivity contribution is 7.99. The molecule has 4 heteroatoms. The zero-order valence-corrected chi connectivity index (χ0v) is 13.0. The van der Waals surface area contributed by atoms with E-state index in [4.69, 9.17) is 22.1 Å². The molecule has 20 heavy (non-hydrogen) atoms. The molecule has 0 saturated heterocycles. The number of halogens is 1. The molecule has 0 aliphatic heterocycles. The second kappa shape index (κ2) is 7.58. The van der Waals surface area contributed by atoms with Gasteiger partial charge in [0, 0.05) is 21.7 Å². The largest absolute Gasteiger partial charge is 0.494 e. The van der Waals surface area contributed by atoms with Gasteiger partial charge in [-0.25, -0.2) is 0 Å². The molecule has 2 rings (SSSR count). The van der Waals surface area contributed by atoms with E-state index in [1.807, 2.05) is 55.5 Å². The van der Waals surface area contributed by atoms with Gasteiger partial charge < -0.3 is 10.5 Å². The summed E-state index contributed by atoms with van der Waals surface area (Å²) < 4.78 is 5.50. The van der Waals surface area contributed by atoms with Crippen LogP contribution in [-0.4, -0.2) is 12.4 Å². The van der Waals surface area contributed by atoms with Crippen molar-refractivity contribution in [2.75, 3.05) is 12.4 Å². The van der Waals surface area contributed by atoms with Gasteiger partial charge in [0.1, 0.15) is 5.75 Å². The van der Waals surface area contributed by atoms with Crippen molar-refractivity contribution in [3.05, 3.63) is 59.1 Å². The number of hydrogen-bond donors (Lipinski definition) is 1. The van der Waals surface area contributed by atoms with E-state index in [0.29, 0.717) is 6.61 Å². The number of ether oxygens (including phenoxy) is 1. The zero-order valence-electron chi connectivity index (χ0n) is 11.4. The number of nitrogens with two attached hydrogens (primary N) is 1. The van der Waals surface area contributed by atoms with Crippen molar-refractivity contribution in [1.82, 2.24) is 0 Å². The minimum Gasteiger partial charge on any atom is -0.494 e. The Balaban J connectivity index is 1.95. The third-order valence-corrected chi connectivity index (χ3v) is 4.22. The van der Waals surface area contributed by atoms with Crippen molar-refractivity contribution in [1.29, 1.82) is 0 Å². The summed E-state index contributed by atoms with van der Waals surface area (Å²) in [5, 5.41) is 0.753. The van der Waals surface area contributed by atoms with E-state index in [-0.39, 0.29) is 6.04 Å². The summed E-state index contributed by atoms with van der Waals surface area (Å²) in [7, 11) is 0. The number of rotatable bonds is 6. The lowest BCUT2D eigenvalue weighted by Crippen LogP contribution is -2.13. The van der Waals surface area contributed by atoms with Crippen LogP contribution in [0.15, 0.2) is 53.4 Å². The normalized spacial score (nSPS) is 12.2. The zero-order chi connectivity index (χ0) is 14.4. The first-order valence-electron chi connectivity index (χ1n) is 6.55. The first kappa shape index (κ1) is 15.2. The molecule has 0 aliphatic carbocycles. The fourth-order valence-corrected chi connectivity index (χ4v) is 2.83. The lowest BCUT2D eigenvalue weighted by molar-refractivity contribution is 0.339. The molecule has 0 bridgehead atoms. The average Bonchev–Trinajstić information content (AvgIpc) is 2.47. The molecule has 0 saturated carbocycles. The van der Waals surface area contributed by atoms with Crippen molar-refractivity contribution in [3.63, 3.8) is 0 Å². The lowest BCUT2D eigenvalue weighted by atomic mass is 10.1. The van der Waals surface area contributed by atoms with E-state index >= 15 is 0 Å². The van der Waals surface area contributed by atoms with Gasteiger partial charge in [-0.3, -0.25) is 0 Å². The van der Waals surface area contributed by atoms with Crippen molar-refractivity contribution in [2.24, 2.45) is 5.73 Å². The lowest BCUT2D eigenvalue weighted by Gasteiger charge is -2.13. The number of benzene rings is 2. The fraction of sp³-hybridized carbons (Fsp3) is 0.250. The van der Waals surface area contributed by atoms with Gasteiger partial charge in [0.15, 0.2) is 0 Å². The Morgan fingerprint density at radius 1 is 1.20 bits per heavy atom. The second-order valence-corrected chi connectivity index (χ2v) is 5.91. The Hall–Kier alpha value is -1.16. The summed E-state index contributed by atoms with van der Waals surface area (Å²) in [5.74, 6) is 1.69. The Labute approximate surface area is 129 Å². The predicted octanol–water partition coefficient (Wildman–Crippen LogP) is 4.53. The topological polar surface area (TPSA) is 35.2 Å². The minimum absolute atomic E-state index is 0.0175. The third kappa shape index (κ3) is 4.44. The standard InChI is InChI=1S/C16H18ClNOS/c1-2-19-14-5-3-4-12(10-14)16(18)11-20-15-8-6-13(17)7-9-15/h3-10,16H,2,11,18H2,1H3. The Bertz CT molecular complexity index is 544. The van der Waals surface area contributed by atoms with Crippen LogP contribution in [-0.2, 0) is 0 Å². The summed E-state index contributed by atoms with van der Waals surface area (Å²) in [4.78, 5) is 1.17. The minimum atomic E-state index is -0.0175. The smallest absolute Gasteiger partial charge is 0.119 e. The highest BCUT2D eigenvalue weighted by Crippen LogP contribution is 2.26. The summed E-state index contributed by atoms with van der Waals surface area (Å²) in [6.45, 7) is 2.64. The SMILES string of the molecule is CCOc1cccc(C(N)CSc2ccc(Cl)cc2)c1. The molecule has 0 amide bonds. The maximum atomic E-state index is 6.24. The molecule has 0 heterocycles. The molecule has 0 aliphatic rings. The predicted molar refractivity (Wildman–Crippen MR) is 86.7 cm³/mol. The fourth-order valence-electron chi connectivity index (χ4n) is 1.81. The van der Waals surface area contributed by atoms with Crippen molar-refractivity contribution in [3.8, 4) is 5.75 Å². The van der Waals surface area contributed by atoms with Gasteiger partial charge in [0.25, 0.3) is 0 Å². The summed E-state index contributed by atoms with van der Waals surface area (Å²) >= 11 is 7.60. The van der Waals surface area contributed by atoms with Gasteiger partial charge in [0.2, 0.25) is 0 Å². The van der Waals surface area contributed by atoms with E-state index in [1.165, 1.54) is 4.90 Å². The van der Waals surface area contributed by atoms with E-state index < -0.39 is 0 Å². The monoisotopic (exact) mass is 307 g/mol. The Morgan fingerprint density at radius 2 is 1.95 bits per heavy atom. The average molecular weight is 308 g/mol. The van der Waals surface area contributed by atoms with Gasteiger partial charge in [-0.1, -0.05) is 23.7 Å². The van der Waals surface area contributed by atoms with Crippen LogP contribution >= 0.6 is 23.4 Å². The van der Waals surface area contributed by atoms with E-state index in [1.54, 1.807) is 11.8 Å². The molecular formula is C16H18ClNOS. The Kier molecular flexibility index (Phi) is 5.77. The molecule has 2 N–H and O–H groups in total. The molecule has 2 nitrogen and oxygen atoms in total. The summed E-state index contributed by atoms with van der Waals surface area (Å²) in [6.07, 6.45) is 0. The van der Waals surface area contributed by atoms with Crippen LogP contribution in [0.2, 0.25) is 5.02 Å². The maximum Gasteiger partial charge on any atom is 0.119 e. The van der Waals surface area contributed by atoms with Crippen LogP contribution in [0, 0.1) is 0 Å². The van der Waals surface area contributed by atoms with E-state index in [0.717, 1.165) is 22.1 Å². The first-order chi connectivity index (χ1) is 9.69. The molecule has 0 fully saturated rings. The second-order valence-electron chi connectivity index (χ2n) is 4.38. The van der Waals surface area contributed by atoms with Crippen LogP contribution in [0.1, 0.15) is 18.5 Å². The van der Waals surface area contributed by atoms with Gasteiger partial charge in [-0.15, -0.1) is 11.8 Å². The maximum absolute atomic E-state index is 6.24. The molecule has 0 aromatic heterocycles. The van der Waals surface area contributed by atoms with Crippen LogP contribution in [0.4, 0.5) is 0 Å². The van der Waals surface area contributed by atoms with Gasteiger partial charge >= 0.3 is 0 Å². The van der Waals surface area contributed by atoms with E-state index in [2.05, 4.69) is 0 Å². The quantitative estimate of drug-likeness (QED) is 0.796. The molecule has 1 unspecified atom stereocenters. The first-order valence-corrected chi connectivity index (χ1v) is 7.92. The molecule has 0 radical (unpaired) electrons. The van der Waals surface area contributed by atoms with Crippen LogP contribution in [0.3, 0.4) is 0 Å². The highest BCUT2D eigenvalue weighted by Gasteiger charge is 2.08. The number of thioether (sulfide) groups is 1. The van der Waals surface area contributed by atoms with Crippen molar-refractivity contribution >= 4 is 23.4 Å². The molecule has 0 spiro atoms. The molecule has 2 aromatic rings. The molecule has 106 valence electrons. The number of hydrogen-bond acceptors (Lipinski definition) is 3. The van der Waals surface area contributed by atoms with Crippen LogP contribution in [0.25, 0.3) is 0 Å². The summed E-state index contributed by atoms with van der Waals surface area (Å²) in [5.41, 5.74) is 7.33. The van der Waals surface area contributed by atoms with E-state index in [9.17, 15) is 0 Å². The van der Waals surface area contributed by atoms with Gasteiger partial charge in [-0.2, -0.15) is 0 Å². The Morgan fingerprint density at radius 3 is 2.65 bits per heavy atom. The summed E-state index contributed by atoms with van der Waals surface area (Å²) in [6, 6.07) is 15.8. The molecule has 2 aromatic carbocycles. The van der Waals surface area contributed by atoms with Gasteiger partial charge in [0.05, 0.1) is 6.61 Å². The van der Waals surface area contributed by atoms with Crippen molar-refractivity contribution in [2.45, 2.75) is 17.9 Å². The molecular weight excluding hydrogens is 290 g/mol. The highest BCUT2D eigenvalue weighted by atomic mass is 35.5. The van der Waals surface area contributed by atoms with Crippen LogP contribution < -0.4 is 10.5 Å². The molecule has 1 atom stereocenters. The van der Waals surface area contributed by atoms with Crippen molar-refractivity contribution < 1.29 is 4.74 Å². The van der Waals surface area contributed by atoms with Gasteiger partial charge in [-0.05, 0) is 48.9 Å². The van der Waals surface area contributed by atoms with Crippen LogP contribution in [0.5, 0.6) is 5.75 Å². The third-order valence-electron chi connectivity index (χ3n) is 2.84.